The third-order valence-corrected chi connectivity index (χ3v) is 3.90. The Kier molecular flexibility index (Phi) is 4.61. The summed E-state index contributed by atoms with van der Waals surface area (Å²) in [5.41, 5.74) is 3.04. The van der Waals surface area contributed by atoms with Crippen molar-refractivity contribution in [3.63, 3.8) is 0 Å². The van der Waals surface area contributed by atoms with Gasteiger partial charge >= 0.3 is 0 Å². The van der Waals surface area contributed by atoms with Gasteiger partial charge in [-0.3, -0.25) is 0 Å². The Morgan fingerprint density at radius 1 is 1.00 bits per heavy atom. The summed E-state index contributed by atoms with van der Waals surface area (Å²) in [5, 5.41) is 0. The molecule has 0 atom stereocenters. The first-order valence-electron chi connectivity index (χ1n) is 6.99. The molecule has 0 saturated heterocycles. The molecule has 0 aliphatic heterocycles. The van der Waals surface area contributed by atoms with E-state index >= 15 is 0 Å². The standard InChI is InChI=1S/C16H25N/c1-17(2)13-12-14-8-10-16(11-9-14)15-6-4-3-5-7-15/h8-11,15H,3-7,12-13H2,1-2H3. The SMILES string of the molecule is CN(C)CCc1ccc(C2CCCCC2)cc1. The second kappa shape index (κ2) is 6.20. The van der Waals surface area contributed by atoms with E-state index in [-0.39, 0.29) is 0 Å². The van der Waals surface area contributed by atoms with Crippen LogP contribution in [0.15, 0.2) is 24.3 Å². The fourth-order valence-corrected chi connectivity index (χ4v) is 2.75. The van der Waals surface area contributed by atoms with Gasteiger partial charge in [0.15, 0.2) is 0 Å². The predicted octanol–water partition coefficient (Wildman–Crippen LogP) is 3.84. The lowest BCUT2D eigenvalue weighted by molar-refractivity contribution is 0.413. The summed E-state index contributed by atoms with van der Waals surface area (Å²) in [5.74, 6) is 0.839. The third-order valence-electron chi connectivity index (χ3n) is 3.90. The molecule has 94 valence electrons. The highest BCUT2D eigenvalue weighted by molar-refractivity contribution is 5.25. The Bertz CT molecular complexity index is 320. The van der Waals surface area contributed by atoms with Crippen molar-refractivity contribution in [2.45, 2.75) is 44.4 Å². The molecule has 0 N–H and O–H groups in total. The lowest BCUT2D eigenvalue weighted by atomic mass is 9.84. The first-order valence-corrected chi connectivity index (χ1v) is 6.99. The largest absolute Gasteiger partial charge is 0.309 e. The van der Waals surface area contributed by atoms with E-state index in [1.807, 2.05) is 0 Å². The van der Waals surface area contributed by atoms with Gasteiger partial charge in [0.25, 0.3) is 0 Å². The molecule has 1 aliphatic rings. The highest BCUT2D eigenvalue weighted by Gasteiger charge is 2.14. The minimum atomic E-state index is 0.839. The molecule has 0 unspecified atom stereocenters. The van der Waals surface area contributed by atoms with Gasteiger partial charge in [-0.2, -0.15) is 0 Å². The van der Waals surface area contributed by atoms with Crippen LogP contribution < -0.4 is 0 Å². The fourth-order valence-electron chi connectivity index (χ4n) is 2.75. The van der Waals surface area contributed by atoms with Crippen molar-refractivity contribution in [2.75, 3.05) is 20.6 Å². The van der Waals surface area contributed by atoms with Crippen molar-refractivity contribution in [1.29, 1.82) is 0 Å². The maximum absolute atomic E-state index is 2.36. The smallest absolute Gasteiger partial charge is 0.00157 e. The van der Waals surface area contributed by atoms with Crippen molar-refractivity contribution in [1.82, 2.24) is 4.90 Å². The van der Waals surface area contributed by atoms with Crippen LogP contribution in [-0.2, 0) is 6.42 Å². The van der Waals surface area contributed by atoms with E-state index in [4.69, 9.17) is 0 Å². The molecular formula is C16H25N. The van der Waals surface area contributed by atoms with Crippen molar-refractivity contribution in [2.24, 2.45) is 0 Å². The number of rotatable bonds is 4. The molecule has 0 amide bonds. The first-order chi connectivity index (χ1) is 8.25. The third kappa shape index (κ3) is 3.85. The molecular weight excluding hydrogens is 206 g/mol. The van der Waals surface area contributed by atoms with E-state index in [9.17, 15) is 0 Å². The molecule has 1 aromatic rings. The molecule has 1 heteroatoms. The fraction of sp³-hybridized carbons (Fsp3) is 0.625. The zero-order valence-corrected chi connectivity index (χ0v) is 11.3. The van der Waals surface area contributed by atoms with Gasteiger partial charge in [-0.15, -0.1) is 0 Å². The second-order valence-corrected chi connectivity index (χ2v) is 5.63. The molecule has 1 fully saturated rings. The van der Waals surface area contributed by atoms with Gasteiger partial charge < -0.3 is 4.90 Å². The number of nitrogens with zero attached hydrogens (tertiary/aromatic N) is 1. The van der Waals surface area contributed by atoms with Crippen LogP contribution in [0.5, 0.6) is 0 Å². The summed E-state index contributed by atoms with van der Waals surface area (Å²) in [6.07, 6.45) is 8.25. The monoisotopic (exact) mass is 231 g/mol. The van der Waals surface area contributed by atoms with E-state index in [1.54, 1.807) is 5.56 Å². The molecule has 1 saturated carbocycles. The summed E-state index contributed by atoms with van der Waals surface area (Å²) in [6, 6.07) is 9.38. The molecule has 0 bridgehead atoms. The van der Waals surface area contributed by atoms with E-state index in [2.05, 4.69) is 43.3 Å². The molecule has 1 nitrogen and oxygen atoms in total. The number of hydrogen-bond donors (Lipinski definition) is 0. The topological polar surface area (TPSA) is 3.24 Å². The molecule has 1 aromatic carbocycles. The average Bonchev–Trinajstić information content (AvgIpc) is 2.38. The number of hydrogen-bond acceptors (Lipinski definition) is 1. The van der Waals surface area contributed by atoms with Gasteiger partial charge in [-0.25, -0.2) is 0 Å². The first kappa shape index (κ1) is 12.6. The van der Waals surface area contributed by atoms with Gasteiger partial charge in [0.05, 0.1) is 0 Å². The predicted molar refractivity (Wildman–Crippen MR) is 74.5 cm³/mol. The Morgan fingerprint density at radius 2 is 1.65 bits per heavy atom. The second-order valence-electron chi connectivity index (χ2n) is 5.63. The van der Waals surface area contributed by atoms with E-state index in [0.717, 1.165) is 18.9 Å². The van der Waals surface area contributed by atoms with Crippen LogP contribution in [-0.4, -0.2) is 25.5 Å². The maximum Gasteiger partial charge on any atom is 0.00157 e. The van der Waals surface area contributed by atoms with Gasteiger partial charge in [-0.05, 0) is 50.4 Å². The van der Waals surface area contributed by atoms with Crippen molar-refractivity contribution >= 4 is 0 Å². The number of likely N-dealkylation sites (N-methyl/N-ethyl adjacent to an activating group) is 1. The van der Waals surface area contributed by atoms with Crippen LogP contribution in [0.3, 0.4) is 0 Å². The highest BCUT2D eigenvalue weighted by Crippen LogP contribution is 2.32. The van der Waals surface area contributed by atoms with E-state index in [1.165, 1.54) is 37.7 Å². The Morgan fingerprint density at radius 3 is 2.24 bits per heavy atom. The van der Waals surface area contributed by atoms with Crippen LogP contribution >= 0.6 is 0 Å². The minimum Gasteiger partial charge on any atom is -0.309 e. The van der Waals surface area contributed by atoms with Crippen LogP contribution in [0.4, 0.5) is 0 Å². The van der Waals surface area contributed by atoms with Crippen molar-refractivity contribution in [3.8, 4) is 0 Å². The van der Waals surface area contributed by atoms with Gasteiger partial charge in [0.2, 0.25) is 0 Å². The van der Waals surface area contributed by atoms with Crippen LogP contribution in [0, 0.1) is 0 Å². The van der Waals surface area contributed by atoms with Gasteiger partial charge in [0.1, 0.15) is 0 Å². The van der Waals surface area contributed by atoms with Crippen molar-refractivity contribution < 1.29 is 0 Å². The molecule has 2 rings (SSSR count). The van der Waals surface area contributed by atoms with E-state index in [0.29, 0.717) is 0 Å². The van der Waals surface area contributed by atoms with Crippen LogP contribution in [0.2, 0.25) is 0 Å². The van der Waals surface area contributed by atoms with Gasteiger partial charge in [-0.1, -0.05) is 43.5 Å². The van der Waals surface area contributed by atoms with Crippen LogP contribution in [0.25, 0.3) is 0 Å². The maximum atomic E-state index is 2.36. The lowest BCUT2D eigenvalue weighted by Gasteiger charge is -2.22. The minimum absolute atomic E-state index is 0.839. The zero-order valence-electron chi connectivity index (χ0n) is 11.3. The molecule has 0 radical (unpaired) electrons. The van der Waals surface area contributed by atoms with Crippen molar-refractivity contribution in [3.05, 3.63) is 35.4 Å². The molecule has 1 aliphatic carbocycles. The Balaban J connectivity index is 1.92. The molecule has 17 heavy (non-hydrogen) atoms. The summed E-state index contributed by atoms with van der Waals surface area (Å²) >= 11 is 0. The number of benzene rings is 1. The average molecular weight is 231 g/mol. The zero-order chi connectivity index (χ0) is 12.1. The normalized spacial score (nSPS) is 17.6. The van der Waals surface area contributed by atoms with Gasteiger partial charge in [0, 0.05) is 6.54 Å². The van der Waals surface area contributed by atoms with E-state index < -0.39 is 0 Å². The molecule has 0 heterocycles. The Hall–Kier alpha value is -0.820. The summed E-state index contributed by atoms with van der Waals surface area (Å²) in [4.78, 5) is 2.25. The Labute approximate surface area is 106 Å². The molecule has 0 spiro atoms. The van der Waals surface area contributed by atoms with Crippen LogP contribution in [0.1, 0.15) is 49.1 Å². The summed E-state index contributed by atoms with van der Waals surface area (Å²) in [6.45, 7) is 1.14. The molecule has 0 aromatic heterocycles. The highest BCUT2D eigenvalue weighted by atomic mass is 15.0. The lowest BCUT2D eigenvalue weighted by Crippen LogP contribution is -2.15. The summed E-state index contributed by atoms with van der Waals surface area (Å²) in [7, 11) is 4.27. The summed E-state index contributed by atoms with van der Waals surface area (Å²) < 4.78 is 0. The quantitative estimate of drug-likeness (QED) is 0.761.